The first-order chi connectivity index (χ1) is 12.8. The van der Waals surface area contributed by atoms with E-state index in [1.165, 1.54) is 19.3 Å². The molecule has 0 aliphatic carbocycles. The fourth-order valence-electron chi connectivity index (χ4n) is 3.07. The predicted octanol–water partition coefficient (Wildman–Crippen LogP) is 4.48. The summed E-state index contributed by atoms with van der Waals surface area (Å²) in [4.78, 5) is 14.1. The second-order valence-corrected chi connectivity index (χ2v) is 7.99. The van der Waals surface area contributed by atoms with Crippen molar-refractivity contribution in [1.29, 1.82) is 0 Å². The lowest BCUT2D eigenvalue weighted by molar-refractivity contribution is 0.124. The molecule has 5 nitrogen and oxygen atoms in total. The highest BCUT2D eigenvalue weighted by Gasteiger charge is 2.38. The van der Waals surface area contributed by atoms with Gasteiger partial charge >= 0.3 is 6.03 Å². The van der Waals surface area contributed by atoms with Gasteiger partial charge in [0.25, 0.3) is 0 Å². The lowest BCUT2D eigenvalue weighted by Crippen LogP contribution is -2.44. The van der Waals surface area contributed by atoms with Gasteiger partial charge in [0.2, 0.25) is 0 Å². The normalized spacial score (nSPS) is 17.4. The largest absolute Gasteiger partial charge is 0.325 e. The van der Waals surface area contributed by atoms with Gasteiger partial charge in [0.1, 0.15) is 11.6 Å². The predicted molar refractivity (Wildman–Crippen MR) is 97.1 cm³/mol. The highest BCUT2D eigenvalue weighted by Crippen LogP contribution is 2.44. The van der Waals surface area contributed by atoms with Crippen LogP contribution in [0.3, 0.4) is 0 Å². The fourth-order valence-corrected chi connectivity index (χ4v) is 4.27. The van der Waals surface area contributed by atoms with E-state index in [1.807, 2.05) is 0 Å². The summed E-state index contributed by atoms with van der Waals surface area (Å²) in [6.45, 7) is 2.21. The number of carbonyl (C=O) groups is 1. The Hall–Kier alpha value is -2.29. The van der Waals surface area contributed by atoms with Crippen LogP contribution < -0.4 is 5.32 Å². The number of alkyl halides is 1. The molecule has 144 valence electrons. The molecule has 1 unspecified atom stereocenters. The zero-order chi connectivity index (χ0) is 19.4. The summed E-state index contributed by atoms with van der Waals surface area (Å²) in [7, 11) is 0. The molecule has 1 aliphatic heterocycles. The lowest BCUT2D eigenvalue weighted by Gasteiger charge is -2.37. The minimum atomic E-state index is -1.70. The molecule has 2 heterocycles. The van der Waals surface area contributed by atoms with E-state index >= 15 is 4.39 Å². The number of nitrogens with one attached hydrogen (secondary N) is 1. The molecule has 1 aromatic carbocycles. The third-order valence-corrected chi connectivity index (χ3v) is 5.70. The number of anilines is 1. The minimum absolute atomic E-state index is 0.211. The lowest BCUT2D eigenvalue weighted by atomic mass is 9.92. The fraction of sp³-hybridized carbons (Fsp3) is 0.389. The summed E-state index contributed by atoms with van der Waals surface area (Å²) < 4.78 is 41.8. The van der Waals surface area contributed by atoms with Crippen molar-refractivity contribution in [2.45, 2.75) is 29.7 Å². The Labute approximate surface area is 159 Å². The smallest absolute Gasteiger partial charge is 0.321 e. The first kappa shape index (κ1) is 19.5. The molecule has 1 aromatic heterocycles. The van der Waals surface area contributed by atoms with Crippen LogP contribution in [0.1, 0.15) is 19.8 Å². The van der Waals surface area contributed by atoms with Crippen LogP contribution in [0.5, 0.6) is 0 Å². The Morgan fingerprint density at radius 1 is 1.22 bits per heavy atom. The van der Waals surface area contributed by atoms with Crippen LogP contribution in [0.15, 0.2) is 41.6 Å². The Balaban J connectivity index is 1.56. The molecule has 9 heteroatoms. The number of benzene rings is 1. The molecule has 1 saturated heterocycles. The van der Waals surface area contributed by atoms with E-state index in [9.17, 15) is 13.6 Å². The summed E-state index contributed by atoms with van der Waals surface area (Å²) in [5.74, 6) is -1.80. The monoisotopic (exact) mass is 396 g/mol. The van der Waals surface area contributed by atoms with Gasteiger partial charge < -0.3 is 10.2 Å². The zero-order valence-electron chi connectivity index (χ0n) is 14.7. The molecule has 1 fully saturated rings. The molecule has 1 atom stereocenters. The SMILES string of the molecule is CC(F)(Sc1cc(F)cc(F)c1)C1CCN(C(=O)Nc2ccnnc2)CC1. The third kappa shape index (κ3) is 5.12. The van der Waals surface area contributed by atoms with Gasteiger partial charge in [0.05, 0.1) is 18.1 Å². The van der Waals surface area contributed by atoms with Gasteiger partial charge in [-0.2, -0.15) is 10.2 Å². The summed E-state index contributed by atoms with van der Waals surface area (Å²) in [5, 5.41) is 8.36. The molecule has 27 heavy (non-hydrogen) atoms. The van der Waals surface area contributed by atoms with Gasteiger partial charge in [-0.25, -0.2) is 18.0 Å². The number of likely N-dealkylation sites (tertiary alicyclic amines) is 1. The van der Waals surface area contributed by atoms with Gasteiger partial charge in [-0.1, -0.05) is 11.8 Å². The van der Waals surface area contributed by atoms with Gasteiger partial charge in [-0.15, -0.1) is 0 Å². The first-order valence-electron chi connectivity index (χ1n) is 8.50. The number of thioether (sulfide) groups is 1. The van der Waals surface area contributed by atoms with E-state index in [0.717, 1.165) is 30.0 Å². The maximum atomic E-state index is 15.2. The molecular weight excluding hydrogens is 377 g/mol. The second kappa shape index (κ2) is 8.16. The third-order valence-electron chi connectivity index (χ3n) is 4.50. The van der Waals surface area contributed by atoms with Crippen LogP contribution in [-0.2, 0) is 0 Å². The molecular formula is C18H19F3N4OS. The van der Waals surface area contributed by atoms with Crippen LogP contribution in [0, 0.1) is 17.6 Å². The number of carbonyl (C=O) groups excluding carboxylic acids is 1. The highest BCUT2D eigenvalue weighted by molar-refractivity contribution is 8.00. The average molecular weight is 396 g/mol. The zero-order valence-corrected chi connectivity index (χ0v) is 15.5. The van der Waals surface area contributed by atoms with Crippen LogP contribution in [0.4, 0.5) is 23.7 Å². The summed E-state index contributed by atoms with van der Waals surface area (Å²) in [5.41, 5.74) is 0.538. The van der Waals surface area contributed by atoms with Gasteiger partial charge in [0.15, 0.2) is 5.00 Å². The molecule has 2 amide bonds. The number of hydrogen-bond acceptors (Lipinski definition) is 4. The van der Waals surface area contributed by atoms with Gasteiger partial charge in [-0.3, -0.25) is 0 Å². The molecule has 1 N–H and O–H groups in total. The van der Waals surface area contributed by atoms with E-state index < -0.39 is 16.6 Å². The van der Waals surface area contributed by atoms with Crippen molar-refractivity contribution in [1.82, 2.24) is 15.1 Å². The van der Waals surface area contributed by atoms with Gasteiger partial charge in [0, 0.05) is 30.0 Å². The Morgan fingerprint density at radius 3 is 2.48 bits per heavy atom. The average Bonchev–Trinajstić information content (AvgIpc) is 2.61. The molecule has 3 rings (SSSR count). The van der Waals surface area contributed by atoms with Crippen LogP contribution in [0.25, 0.3) is 0 Å². The number of amides is 2. The molecule has 2 aromatic rings. The number of halogens is 3. The van der Waals surface area contributed by atoms with Crippen molar-refractivity contribution < 1.29 is 18.0 Å². The van der Waals surface area contributed by atoms with Crippen molar-refractivity contribution in [3.05, 3.63) is 48.3 Å². The molecule has 0 saturated carbocycles. The number of aromatic nitrogens is 2. The van der Waals surface area contributed by atoms with Crippen LogP contribution in [0.2, 0.25) is 0 Å². The second-order valence-electron chi connectivity index (χ2n) is 6.52. The number of rotatable bonds is 4. The maximum absolute atomic E-state index is 15.2. The van der Waals surface area contributed by atoms with Gasteiger partial charge in [-0.05, 0) is 38.0 Å². The molecule has 1 aliphatic rings. The minimum Gasteiger partial charge on any atom is -0.325 e. The van der Waals surface area contributed by atoms with Crippen molar-refractivity contribution in [2.24, 2.45) is 5.92 Å². The number of urea groups is 1. The first-order valence-corrected chi connectivity index (χ1v) is 9.32. The van der Waals surface area contributed by atoms with E-state index in [0.29, 0.717) is 31.6 Å². The Kier molecular flexibility index (Phi) is 5.88. The van der Waals surface area contributed by atoms with E-state index in [2.05, 4.69) is 15.5 Å². The topological polar surface area (TPSA) is 58.1 Å². The Morgan fingerprint density at radius 2 is 1.89 bits per heavy atom. The standard InChI is InChI=1S/C18H19F3N4OS/c1-18(21,27-16-9-13(19)8-14(20)10-16)12-3-6-25(7-4-12)17(26)24-15-2-5-22-23-11-15/h2,5,8-12H,3-4,6-7H2,1H3,(H,22,24,26). The molecule has 0 spiro atoms. The van der Waals surface area contributed by atoms with Crippen molar-refractivity contribution >= 4 is 23.5 Å². The quantitative estimate of drug-likeness (QED) is 0.775. The maximum Gasteiger partial charge on any atom is 0.321 e. The van der Waals surface area contributed by atoms with E-state index in [1.54, 1.807) is 11.0 Å². The van der Waals surface area contributed by atoms with E-state index in [-0.39, 0.29) is 16.8 Å². The highest BCUT2D eigenvalue weighted by atomic mass is 32.2. The van der Waals surface area contributed by atoms with Crippen molar-refractivity contribution in [3.63, 3.8) is 0 Å². The Bertz CT molecular complexity index is 778. The van der Waals surface area contributed by atoms with Crippen LogP contribution >= 0.6 is 11.8 Å². The van der Waals surface area contributed by atoms with Crippen LogP contribution in [-0.4, -0.2) is 39.2 Å². The van der Waals surface area contributed by atoms with Crippen molar-refractivity contribution in [2.75, 3.05) is 18.4 Å². The summed E-state index contributed by atoms with van der Waals surface area (Å²) in [6.07, 6.45) is 3.83. The molecule has 0 radical (unpaired) electrons. The summed E-state index contributed by atoms with van der Waals surface area (Å²) in [6, 6.07) is 4.36. The number of hydrogen-bond donors (Lipinski definition) is 1. The summed E-state index contributed by atoms with van der Waals surface area (Å²) >= 11 is 0.812. The number of nitrogens with zero attached hydrogens (tertiary/aromatic N) is 3. The molecule has 0 bridgehead atoms. The van der Waals surface area contributed by atoms with E-state index in [4.69, 9.17) is 0 Å². The van der Waals surface area contributed by atoms with Crippen molar-refractivity contribution in [3.8, 4) is 0 Å². The number of piperidine rings is 1.